The summed E-state index contributed by atoms with van der Waals surface area (Å²) >= 11 is 0. The quantitative estimate of drug-likeness (QED) is 0.871. The van der Waals surface area contributed by atoms with Crippen molar-refractivity contribution in [3.05, 3.63) is 17.0 Å². The van der Waals surface area contributed by atoms with Crippen LogP contribution in [0.5, 0.6) is 0 Å². The number of nitrogens with one attached hydrogen (secondary N) is 1. The highest BCUT2D eigenvalue weighted by Crippen LogP contribution is 2.15. The van der Waals surface area contributed by atoms with E-state index in [4.69, 9.17) is 0 Å². The van der Waals surface area contributed by atoms with Gasteiger partial charge >= 0.3 is 0 Å². The first-order valence-electron chi connectivity index (χ1n) is 6.48. The zero-order valence-corrected chi connectivity index (χ0v) is 12.3. The molecule has 0 aliphatic heterocycles. The van der Waals surface area contributed by atoms with E-state index in [0.29, 0.717) is 6.04 Å². The van der Waals surface area contributed by atoms with E-state index < -0.39 is 5.54 Å². The van der Waals surface area contributed by atoms with Crippen molar-refractivity contribution in [3.8, 4) is 6.07 Å². The standard InChI is InChI=1S/C14H24N4/c1-10(2)16-14(6,9-15)7-8-18-13(5)11(3)12(4)17-18/h10,16H,7-8H2,1-6H3. The SMILES string of the molecule is Cc1nn(CCC(C)(C#N)NC(C)C)c(C)c1C. The van der Waals surface area contributed by atoms with Crippen LogP contribution in [-0.2, 0) is 6.54 Å². The summed E-state index contributed by atoms with van der Waals surface area (Å²) in [6.07, 6.45) is 0.753. The number of hydrogen-bond donors (Lipinski definition) is 1. The van der Waals surface area contributed by atoms with E-state index in [2.05, 4.69) is 44.2 Å². The Kier molecular flexibility index (Phi) is 4.53. The van der Waals surface area contributed by atoms with Gasteiger partial charge in [0.2, 0.25) is 0 Å². The van der Waals surface area contributed by atoms with Gasteiger partial charge in [-0.05, 0) is 53.5 Å². The maximum Gasteiger partial charge on any atom is 0.105 e. The summed E-state index contributed by atoms with van der Waals surface area (Å²) in [5.74, 6) is 0. The van der Waals surface area contributed by atoms with E-state index in [1.165, 1.54) is 11.3 Å². The second kappa shape index (κ2) is 5.53. The van der Waals surface area contributed by atoms with Crippen molar-refractivity contribution in [2.45, 2.75) is 66.1 Å². The normalized spacial score (nSPS) is 14.6. The lowest BCUT2D eigenvalue weighted by Crippen LogP contribution is -2.45. The van der Waals surface area contributed by atoms with Crippen molar-refractivity contribution in [1.82, 2.24) is 15.1 Å². The third-order valence-electron chi connectivity index (χ3n) is 3.42. The van der Waals surface area contributed by atoms with Gasteiger partial charge in [0, 0.05) is 18.3 Å². The van der Waals surface area contributed by atoms with Crippen LogP contribution in [0.15, 0.2) is 0 Å². The van der Waals surface area contributed by atoms with Gasteiger partial charge in [0.15, 0.2) is 0 Å². The second-order valence-electron chi connectivity index (χ2n) is 5.51. The molecular weight excluding hydrogens is 224 g/mol. The molecular formula is C14H24N4. The molecule has 0 saturated carbocycles. The molecule has 0 saturated heterocycles. The predicted molar refractivity (Wildman–Crippen MR) is 73.3 cm³/mol. The van der Waals surface area contributed by atoms with Crippen LogP contribution < -0.4 is 5.32 Å². The fourth-order valence-electron chi connectivity index (χ4n) is 2.13. The molecule has 1 aromatic heterocycles. The van der Waals surface area contributed by atoms with Crippen LogP contribution >= 0.6 is 0 Å². The van der Waals surface area contributed by atoms with E-state index in [-0.39, 0.29) is 0 Å². The second-order valence-corrected chi connectivity index (χ2v) is 5.51. The molecule has 100 valence electrons. The van der Waals surface area contributed by atoms with E-state index in [1.807, 2.05) is 18.5 Å². The summed E-state index contributed by atoms with van der Waals surface area (Å²) in [6, 6.07) is 2.67. The molecule has 0 radical (unpaired) electrons. The number of aryl methyl sites for hydroxylation is 2. The summed E-state index contributed by atoms with van der Waals surface area (Å²) < 4.78 is 2.00. The van der Waals surface area contributed by atoms with Gasteiger partial charge < -0.3 is 0 Å². The van der Waals surface area contributed by atoms with Crippen LogP contribution in [0.4, 0.5) is 0 Å². The molecule has 1 atom stereocenters. The maximum absolute atomic E-state index is 9.30. The monoisotopic (exact) mass is 248 g/mol. The molecule has 4 nitrogen and oxygen atoms in total. The van der Waals surface area contributed by atoms with Crippen LogP contribution in [0.3, 0.4) is 0 Å². The summed E-state index contributed by atoms with van der Waals surface area (Å²) in [5.41, 5.74) is 3.01. The Morgan fingerprint density at radius 2 is 2.00 bits per heavy atom. The lowest BCUT2D eigenvalue weighted by Gasteiger charge is -2.26. The molecule has 4 heteroatoms. The van der Waals surface area contributed by atoms with Crippen LogP contribution in [0.1, 0.15) is 44.1 Å². The minimum atomic E-state index is -0.492. The van der Waals surface area contributed by atoms with Gasteiger partial charge in [-0.15, -0.1) is 0 Å². The van der Waals surface area contributed by atoms with Gasteiger partial charge in [-0.25, -0.2) is 0 Å². The van der Waals surface area contributed by atoms with Gasteiger partial charge in [-0.3, -0.25) is 10.00 Å². The predicted octanol–water partition coefficient (Wildman–Crippen LogP) is 2.48. The van der Waals surface area contributed by atoms with Crippen molar-refractivity contribution in [2.75, 3.05) is 0 Å². The van der Waals surface area contributed by atoms with Crippen molar-refractivity contribution >= 4 is 0 Å². The van der Waals surface area contributed by atoms with Crippen LogP contribution in [0, 0.1) is 32.1 Å². The number of aromatic nitrogens is 2. The highest BCUT2D eigenvalue weighted by Gasteiger charge is 2.24. The summed E-state index contributed by atoms with van der Waals surface area (Å²) in [5, 5.41) is 17.1. The maximum atomic E-state index is 9.30. The summed E-state index contributed by atoms with van der Waals surface area (Å²) in [7, 11) is 0. The molecule has 1 unspecified atom stereocenters. The summed E-state index contributed by atoms with van der Waals surface area (Å²) in [6.45, 7) is 13.0. The smallest absolute Gasteiger partial charge is 0.105 e. The van der Waals surface area contributed by atoms with E-state index in [0.717, 1.165) is 18.7 Å². The Morgan fingerprint density at radius 1 is 1.39 bits per heavy atom. The van der Waals surface area contributed by atoms with Gasteiger partial charge in [0.1, 0.15) is 5.54 Å². The van der Waals surface area contributed by atoms with Crippen molar-refractivity contribution in [1.29, 1.82) is 5.26 Å². The largest absolute Gasteiger partial charge is 0.297 e. The zero-order valence-electron chi connectivity index (χ0n) is 12.3. The molecule has 0 fully saturated rings. The first-order valence-corrected chi connectivity index (χ1v) is 6.48. The zero-order chi connectivity index (χ0) is 13.9. The van der Waals surface area contributed by atoms with Gasteiger partial charge in [0.05, 0.1) is 11.8 Å². The third kappa shape index (κ3) is 3.33. The molecule has 1 rings (SSSR count). The lowest BCUT2D eigenvalue weighted by atomic mass is 9.99. The molecule has 0 aromatic carbocycles. The highest BCUT2D eigenvalue weighted by atomic mass is 15.3. The van der Waals surface area contributed by atoms with Gasteiger partial charge in [-0.2, -0.15) is 10.4 Å². The van der Waals surface area contributed by atoms with E-state index in [9.17, 15) is 5.26 Å². The molecule has 0 amide bonds. The van der Waals surface area contributed by atoms with Crippen LogP contribution in [0.25, 0.3) is 0 Å². The molecule has 0 aliphatic rings. The topological polar surface area (TPSA) is 53.6 Å². The van der Waals surface area contributed by atoms with Gasteiger partial charge in [-0.1, -0.05) is 0 Å². The summed E-state index contributed by atoms with van der Waals surface area (Å²) in [4.78, 5) is 0. The van der Waals surface area contributed by atoms with Crippen LogP contribution in [-0.4, -0.2) is 21.4 Å². The Morgan fingerprint density at radius 3 is 2.39 bits per heavy atom. The average Bonchev–Trinajstić information content (AvgIpc) is 2.53. The number of nitriles is 1. The van der Waals surface area contributed by atoms with Crippen molar-refractivity contribution in [2.24, 2.45) is 0 Å². The molecule has 1 N–H and O–H groups in total. The number of rotatable bonds is 5. The average molecular weight is 248 g/mol. The minimum Gasteiger partial charge on any atom is -0.297 e. The van der Waals surface area contributed by atoms with Crippen LogP contribution in [0.2, 0.25) is 0 Å². The first kappa shape index (κ1) is 14.7. The molecule has 0 aliphatic carbocycles. The minimum absolute atomic E-state index is 0.303. The van der Waals surface area contributed by atoms with Gasteiger partial charge in [0.25, 0.3) is 0 Å². The fraction of sp³-hybridized carbons (Fsp3) is 0.714. The Hall–Kier alpha value is -1.34. The third-order valence-corrected chi connectivity index (χ3v) is 3.42. The molecule has 18 heavy (non-hydrogen) atoms. The lowest BCUT2D eigenvalue weighted by molar-refractivity contribution is 0.353. The first-order chi connectivity index (χ1) is 8.29. The van der Waals surface area contributed by atoms with Crippen molar-refractivity contribution in [3.63, 3.8) is 0 Å². The molecule has 1 aromatic rings. The molecule has 0 bridgehead atoms. The highest BCUT2D eigenvalue weighted by molar-refractivity contribution is 5.22. The Bertz CT molecular complexity index is 453. The fourth-order valence-corrected chi connectivity index (χ4v) is 2.13. The molecule has 1 heterocycles. The van der Waals surface area contributed by atoms with Crippen molar-refractivity contribution < 1.29 is 0 Å². The number of hydrogen-bond acceptors (Lipinski definition) is 3. The molecule has 0 spiro atoms. The number of nitrogens with zero attached hydrogens (tertiary/aromatic N) is 3. The Labute approximate surface area is 110 Å². The Balaban J connectivity index is 2.74. The van der Waals surface area contributed by atoms with E-state index in [1.54, 1.807) is 0 Å². The van der Waals surface area contributed by atoms with E-state index >= 15 is 0 Å².